The van der Waals surface area contributed by atoms with Gasteiger partial charge in [0.15, 0.2) is 5.82 Å². The summed E-state index contributed by atoms with van der Waals surface area (Å²) < 4.78 is 0. The Balaban J connectivity index is 1.49. The van der Waals surface area contributed by atoms with E-state index >= 15 is 0 Å². The topological polar surface area (TPSA) is 57.3 Å². The number of carbonyl (C=O) groups excluding carboxylic acids is 1. The zero-order chi connectivity index (χ0) is 17.1. The summed E-state index contributed by atoms with van der Waals surface area (Å²) in [5, 5.41) is 6.24. The van der Waals surface area contributed by atoms with Crippen LogP contribution in [-0.2, 0) is 5.54 Å². The normalized spacial score (nSPS) is 18.5. The largest absolute Gasteiger partial charge is 0.355 e. The fraction of sp³-hybridized carbons (Fsp3) is 0.400. The van der Waals surface area contributed by atoms with Crippen LogP contribution < -0.4 is 15.5 Å². The molecule has 25 heavy (non-hydrogen) atoms. The second-order valence-corrected chi connectivity index (χ2v) is 6.95. The number of urea groups is 1. The molecule has 2 N–H and O–H groups in total. The van der Waals surface area contributed by atoms with Crippen molar-refractivity contribution < 1.29 is 4.79 Å². The van der Waals surface area contributed by atoms with E-state index in [2.05, 4.69) is 32.7 Å². The van der Waals surface area contributed by atoms with Crippen molar-refractivity contribution in [2.24, 2.45) is 0 Å². The highest BCUT2D eigenvalue weighted by molar-refractivity contribution is 5.93. The first-order valence-corrected chi connectivity index (χ1v) is 9.12. The molecular formula is C20H24N4O. The molecule has 2 heterocycles. The van der Waals surface area contributed by atoms with Crippen molar-refractivity contribution in [1.29, 1.82) is 0 Å². The summed E-state index contributed by atoms with van der Waals surface area (Å²) in [4.78, 5) is 19.4. The van der Waals surface area contributed by atoms with Gasteiger partial charge in [-0.3, -0.25) is 0 Å². The number of pyridine rings is 1. The van der Waals surface area contributed by atoms with Crippen molar-refractivity contribution in [3.63, 3.8) is 0 Å². The van der Waals surface area contributed by atoms with Gasteiger partial charge in [-0.1, -0.05) is 30.3 Å². The smallest absolute Gasteiger partial charge is 0.320 e. The van der Waals surface area contributed by atoms with Crippen LogP contribution in [0, 0.1) is 0 Å². The Bertz CT molecular complexity index is 736. The second kappa shape index (κ2) is 6.75. The summed E-state index contributed by atoms with van der Waals surface area (Å²) in [6.45, 7) is 2.00. The predicted molar refractivity (Wildman–Crippen MR) is 99.8 cm³/mol. The molecule has 1 saturated heterocycles. The molecule has 0 radical (unpaired) electrons. The molecule has 2 fully saturated rings. The van der Waals surface area contributed by atoms with E-state index in [0.717, 1.165) is 43.9 Å². The molecule has 5 nitrogen and oxygen atoms in total. The molecule has 0 spiro atoms. The van der Waals surface area contributed by atoms with E-state index < -0.39 is 0 Å². The van der Waals surface area contributed by atoms with Gasteiger partial charge in [0.2, 0.25) is 0 Å². The first kappa shape index (κ1) is 15.9. The Labute approximate surface area is 148 Å². The molecule has 5 heteroatoms. The summed E-state index contributed by atoms with van der Waals surface area (Å²) in [7, 11) is 0. The molecule has 4 rings (SSSR count). The van der Waals surface area contributed by atoms with E-state index in [1.165, 1.54) is 18.4 Å². The first-order valence-electron chi connectivity index (χ1n) is 9.12. The molecule has 2 aromatic rings. The van der Waals surface area contributed by atoms with E-state index in [-0.39, 0.29) is 11.6 Å². The average Bonchev–Trinajstić information content (AvgIpc) is 3.14. The van der Waals surface area contributed by atoms with Gasteiger partial charge in [-0.2, -0.15) is 0 Å². The Hall–Kier alpha value is -2.56. The predicted octanol–water partition coefficient (Wildman–Crippen LogP) is 3.88. The average molecular weight is 336 g/mol. The first-order chi connectivity index (χ1) is 12.3. The highest BCUT2D eigenvalue weighted by atomic mass is 16.2. The van der Waals surface area contributed by atoms with Gasteiger partial charge in [0.25, 0.3) is 0 Å². The molecule has 1 aliphatic heterocycles. The SMILES string of the molecule is O=C(Nc1cccnc1N1CCCC1)NC1(c2ccccc2)CCC1. The van der Waals surface area contributed by atoms with Crippen molar-refractivity contribution in [3.8, 4) is 0 Å². The third-order valence-corrected chi connectivity index (χ3v) is 5.33. The zero-order valence-electron chi connectivity index (χ0n) is 14.4. The lowest BCUT2D eigenvalue weighted by atomic mass is 9.72. The molecule has 1 saturated carbocycles. The molecule has 130 valence electrons. The molecule has 0 atom stereocenters. The summed E-state index contributed by atoms with van der Waals surface area (Å²) in [5.41, 5.74) is 1.73. The molecular weight excluding hydrogens is 312 g/mol. The minimum atomic E-state index is -0.235. The number of amides is 2. The standard InChI is InChI=1S/C20H24N4O/c25-19(23-20(11-7-12-20)16-8-2-1-3-9-16)22-17-10-6-13-21-18(17)24-14-4-5-15-24/h1-3,6,8-10,13H,4-5,7,11-12,14-15H2,(H2,22,23,25). The monoisotopic (exact) mass is 336 g/mol. The van der Waals surface area contributed by atoms with Crippen molar-refractivity contribution in [2.45, 2.75) is 37.6 Å². The maximum absolute atomic E-state index is 12.7. The van der Waals surface area contributed by atoms with Crippen LogP contribution in [0.2, 0.25) is 0 Å². The van der Waals surface area contributed by atoms with Crippen LogP contribution in [0.15, 0.2) is 48.7 Å². The van der Waals surface area contributed by atoms with Crippen molar-refractivity contribution >= 4 is 17.5 Å². The van der Waals surface area contributed by atoms with Gasteiger partial charge in [-0.05, 0) is 49.8 Å². The van der Waals surface area contributed by atoms with Crippen LogP contribution in [-0.4, -0.2) is 24.1 Å². The third-order valence-electron chi connectivity index (χ3n) is 5.33. The number of hydrogen-bond acceptors (Lipinski definition) is 3. The van der Waals surface area contributed by atoms with Crippen molar-refractivity contribution in [1.82, 2.24) is 10.3 Å². The van der Waals surface area contributed by atoms with Crippen LogP contribution in [0.3, 0.4) is 0 Å². The van der Waals surface area contributed by atoms with Gasteiger partial charge in [0, 0.05) is 19.3 Å². The van der Waals surface area contributed by atoms with E-state index in [1.54, 1.807) is 6.20 Å². The lowest BCUT2D eigenvalue weighted by molar-refractivity contribution is 0.185. The number of anilines is 2. The summed E-state index contributed by atoms with van der Waals surface area (Å²) >= 11 is 0. The minimum absolute atomic E-state index is 0.156. The number of rotatable bonds is 4. The number of nitrogens with one attached hydrogen (secondary N) is 2. The maximum atomic E-state index is 12.7. The van der Waals surface area contributed by atoms with E-state index in [1.807, 2.05) is 30.3 Å². The van der Waals surface area contributed by atoms with Crippen LogP contribution in [0.1, 0.15) is 37.7 Å². The Morgan fingerprint density at radius 1 is 1.00 bits per heavy atom. The summed E-state index contributed by atoms with van der Waals surface area (Å²) in [6, 6.07) is 13.9. The highest BCUT2D eigenvalue weighted by Crippen LogP contribution is 2.41. The summed E-state index contributed by atoms with van der Waals surface area (Å²) in [5.74, 6) is 0.873. The number of carbonyl (C=O) groups is 1. The lowest BCUT2D eigenvalue weighted by Crippen LogP contribution is -2.52. The Morgan fingerprint density at radius 3 is 2.44 bits per heavy atom. The van der Waals surface area contributed by atoms with Gasteiger partial charge in [0.05, 0.1) is 11.2 Å². The van der Waals surface area contributed by atoms with E-state index in [4.69, 9.17) is 0 Å². The Kier molecular flexibility index (Phi) is 4.30. The van der Waals surface area contributed by atoms with Gasteiger partial charge in [-0.15, -0.1) is 0 Å². The van der Waals surface area contributed by atoms with Crippen LogP contribution >= 0.6 is 0 Å². The number of aromatic nitrogens is 1. The van der Waals surface area contributed by atoms with Gasteiger partial charge < -0.3 is 15.5 Å². The van der Waals surface area contributed by atoms with Crippen molar-refractivity contribution in [3.05, 3.63) is 54.2 Å². The molecule has 1 aliphatic carbocycles. The molecule has 1 aromatic heterocycles. The fourth-order valence-electron chi connectivity index (χ4n) is 3.82. The van der Waals surface area contributed by atoms with Gasteiger partial charge >= 0.3 is 6.03 Å². The summed E-state index contributed by atoms with van der Waals surface area (Å²) in [6.07, 6.45) is 7.25. The quantitative estimate of drug-likeness (QED) is 0.891. The fourth-order valence-corrected chi connectivity index (χ4v) is 3.82. The molecule has 2 aliphatic rings. The number of benzene rings is 1. The van der Waals surface area contributed by atoms with Crippen LogP contribution in [0.4, 0.5) is 16.3 Å². The maximum Gasteiger partial charge on any atom is 0.320 e. The number of nitrogens with zero attached hydrogens (tertiary/aromatic N) is 2. The Morgan fingerprint density at radius 2 is 1.76 bits per heavy atom. The molecule has 0 unspecified atom stereocenters. The third kappa shape index (κ3) is 3.18. The lowest BCUT2D eigenvalue weighted by Gasteiger charge is -2.43. The van der Waals surface area contributed by atoms with Crippen molar-refractivity contribution in [2.75, 3.05) is 23.3 Å². The number of hydrogen-bond donors (Lipinski definition) is 2. The highest BCUT2D eigenvalue weighted by Gasteiger charge is 2.40. The van der Waals surface area contributed by atoms with E-state index in [9.17, 15) is 4.79 Å². The minimum Gasteiger partial charge on any atom is -0.355 e. The molecule has 1 aromatic carbocycles. The second-order valence-electron chi connectivity index (χ2n) is 6.95. The van der Waals surface area contributed by atoms with Crippen LogP contribution in [0.25, 0.3) is 0 Å². The zero-order valence-corrected chi connectivity index (χ0v) is 14.4. The van der Waals surface area contributed by atoms with Crippen LogP contribution in [0.5, 0.6) is 0 Å². The molecule has 2 amide bonds. The van der Waals surface area contributed by atoms with Gasteiger partial charge in [0.1, 0.15) is 0 Å². The molecule has 0 bridgehead atoms. The van der Waals surface area contributed by atoms with E-state index in [0.29, 0.717) is 0 Å². The van der Waals surface area contributed by atoms with Gasteiger partial charge in [-0.25, -0.2) is 9.78 Å².